The molecule has 0 atom stereocenters. The number of benzene rings is 2. The molecule has 11 nitrogen and oxygen atoms in total. The highest BCUT2D eigenvalue weighted by Gasteiger charge is 2.50. The minimum Gasteiger partial charge on any atom is -0.454 e. The highest BCUT2D eigenvalue weighted by molar-refractivity contribution is 7.90. The van der Waals surface area contributed by atoms with Crippen LogP contribution in [0.5, 0.6) is 6.01 Å². The van der Waals surface area contributed by atoms with Crippen LogP contribution in [0.25, 0.3) is 0 Å². The van der Waals surface area contributed by atoms with E-state index in [0.29, 0.717) is 23.6 Å². The van der Waals surface area contributed by atoms with Crippen LogP contribution in [0.4, 0.5) is 30.8 Å². The summed E-state index contributed by atoms with van der Waals surface area (Å²) in [6, 6.07) is 11.8. The van der Waals surface area contributed by atoms with Crippen LogP contribution < -0.4 is 25.8 Å². The van der Waals surface area contributed by atoms with Crippen molar-refractivity contribution in [3.63, 3.8) is 0 Å². The second-order valence-electron chi connectivity index (χ2n) is 9.95. The van der Waals surface area contributed by atoms with Crippen molar-refractivity contribution in [2.45, 2.75) is 42.3 Å². The summed E-state index contributed by atoms with van der Waals surface area (Å²) >= 11 is 5.99. The Bertz CT molecular complexity index is 1550. The molecule has 5 rings (SSSR count). The van der Waals surface area contributed by atoms with E-state index in [9.17, 15) is 26.4 Å². The Labute approximate surface area is 238 Å². The number of rotatable bonds is 11. The molecule has 2 aromatic carbocycles. The first-order chi connectivity index (χ1) is 19.3. The van der Waals surface area contributed by atoms with E-state index in [0.717, 1.165) is 18.4 Å². The van der Waals surface area contributed by atoms with Crippen molar-refractivity contribution in [2.75, 3.05) is 23.8 Å². The number of alkyl halides is 3. The molecule has 2 fully saturated rings. The third kappa shape index (κ3) is 6.80. The van der Waals surface area contributed by atoms with Crippen molar-refractivity contribution in [1.29, 1.82) is 0 Å². The van der Waals surface area contributed by atoms with Crippen LogP contribution >= 0.6 is 11.6 Å². The lowest BCUT2D eigenvalue weighted by Crippen LogP contribution is -2.40. The molecule has 2 aliphatic rings. The highest BCUT2D eigenvalue weighted by atomic mass is 35.5. The first kappa shape index (κ1) is 28.8. The van der Waals surface area contributed by atoms with Gasteiger partial charge in [-0.25, -0.2) is 13.1 Å². The molecule has 1 aromatic heterocycles. The van der Waals surface area contributed by atoms with Gasteiger partial charge in [-0.3, -0.25) is 4.79 Å². The molecule has 0 radical (unpaired) electrons. The van der Waals surface area contributed by atoms with Gasteiger partial charge in [0.15, 0.2) is 6.61 Å². The highest BCUT2D eigenvalue weighted by Crippen LogP contribution is 2.48. The Morgan fingerprint density at radius 3 is 2.17 bits per heavy atom. The van der Waals surface area contributed by atoms with Crippen LogP contribution in [0.15, 0.2) is 53.4 Å². The van der Waals surface area contributed by atoms with Crippen LogP contribution in [0, 0.1) is 5.41 Å². The van der Waals surface area contributed by atoms with Gasteiger partial charge >= 0.3 is 12.2 Å². The fraction of sp³-hybridized carbons (Fsp3) is 0.360. The SMILES string of the molecule is NCC1(C(=O)NS(=O)(=O)c2ccc(Nc3nc(NC4(c5ccc(Cl)cc5)CC4)nc(OCC(F)(F)F)n3)cc2)CC1. The number of sulfonamides is 1. The summed E-state index contributed by atoms with van der Waals surface area (Å²) in [6.07, 6.45) is -2.13. The van der Waals surface area contributed by atoms with E-state index in [1.807, 2.05) is 12.1 Å². The van der Waals surface area contributed by atoms with Gasteiger partial charge in [0, 0.05) is 17.3 Å². The molecular weight excluding hydrogens is 587 g/mol. The van der Waals surface area contributed by atoms with Gasteiger partial charge in [-0.05, 0) is 67.6 Å². The number of ether oxygens (including phenoxy) is 1. The molecule has 16 heteroatoms. The van der Waals surface area contributed by atoms with Crippen LogP contribution in [-0.2, 0) is 20.4 Å². The lowest BCUT2D eigenvalue weighted by atomic mass is 10.1. The van der Waals surface area contributed by atoms with Crippen LogP contribution in [0.3, 0.4) is 0 Å². The Kier molecular flexibility index (Phi) is 7.46. The van der Waals surface area contributed by atoms with E-state index in [4.69, 9.17) is 22.1 Å². The number of anilines is 3. The third-order valence-electron chi connectivity index (χ3n) is 6.85. The predicted molar refractivity (Wildman–Crippen MR) is 143 cm³/mol. The largest absolute Gasteiger partial charge is 0.454 e. The standard InChI is InChI=1S/C25H25ClF3N7O4S/c26-16-3-1-15(2-4-16)24(11-12-24)35-21-32-20(33-22(34-21)40-14-25(27,28)29)31-17-5-7-18(8-6-17)41(38,39)36-19(37)23(13-30)9-10-23/h1-8H,9-14,30H2,(H,36,37)(H2,31,32,33,34,35). The van der Waals surface area contributed by atoms with Gasteiger partial charge in [-0.15, -0.1) is 0 Å². The molecule has 0 bridgehead atoms. The Hall–Kier alpha value is -3.69. The van der Waals surface area contributed by atoms with Gasteiger partial charge in [-0.2, -0.15) is 28.1 Å². The molecule has 2 saturated carbocycles. The molecule has 0 saturated heterocycles. The maximum atomic E-state index is 12.8. The smallest absolute Gasteiger partial charge is 0.422 e. The summed E-state index contributed by atoms with van der Waals surface area (Å²) in [4.78, 5) is 24.4. The van der Waals surface area contributed by atoms with Crippen LogP contribution in [0.1, 0.15) is 31.2 Å². The Morgan fingerprint density at radius 2 is 1.61 bits per heavy atom. The van der Waals surface area contributed by atoms with Gasteiger partial charge < -0.3 is 21.1 Å². The normalized spacial score (nSPS) is 16.9. The first-order valence-corrected chi connectivity index (χ1v) is 14.3. The van der Waals surface area contributed by atoms with Gasteiger partial charge in [0.05, 0.1) is 15.8 Å². The Balaban J connectivity index is 1.35. The second kappa shape index (κ2) is 10.6. The average Bonchev–Trinajstić information content (AvgIpc) is 3.84. The maximum absolute atomic E-state index is 12.8. The number of amides is 1. The summed E-state index contributed by atoms with van der Waals surface area (Å²) in [6.45, 7) is -1.56. The van der Waals surface area contributed by atoms with E-state index in [-0.39, 0.29) is 23.3 Å². The fourth-order valence-corrected chi connectivity index (χ4v) is 5.28. The van der Waals surface area contributed by atoms with Crippen molar-refractivity contribution >= 4 is 45.1 Å². The monoisotopic (exact) mass is 611 g/mol. The number of aromatic nitrogens is 3. The van der Waals surface area contributed by atoms with E-state index < -0.39 is 45.7 Å². The van der Waals surface area contributed by atoms with E-state index in [1.165, 1.54) is 24.3 Å². The molecule has 0 unspecified atom stereocenters. The van der Waals surface area contributed by atoms with Crippen molar-refractivity contribution in [3.8, 4) is 6.01 Å². The number of halogens is 4. The van der Waals surface area contributed by atoms with Crippen LogP contribution in [0.2, 0.25) is 5.02 Å². The summed E-state index contributed by atoms with van der Waals surface area (Å²) < 4.78 is 70.6. The summed E-state index contributed by atoms with van der Waals surface area (Å²) in [5.74, 6) is -0.817. The van der Waals surface area contributed by atoms with E-state index >= 15 is 0 Å². The van der Waals surface area contributed by atoms with Gasteiger partial charge in [0.1, 0.15) is 0 Å². The zero-order valence-corrected chi connectivity index (χ0v) is 22.9. The average molecular weight is 612 g/mol. The number of nitrogens with zero attached hydrogens (tertiary/aromatic N) is 3. The predicted octanol–water partition coefficient (Wildman–Crippen LogP) is 3.85. The van der Waals surface area contributed by atoms with Crippen molar-refractivity contribution < 1.29 is 31.1 Å². The molecule has 1 heterocycles. The molecule has 41 heavy (non-hydrogen) atoms. The first-order valence-electron chi connectivity index (χ1n) is 12.5. The molecular formula is C25H25ClF3N7O4S. The fourth-order valence-electron chi connectivity index (χ4n) is 4.08. The Morgan fingerprint density at radius 1 is 0.976 bits per heavy atom. The topological polar surface area (TPSA) is 161 Å². The minimum atomic E-state index is -4.62. The number of carbonyl (C=O) groups is 1. The summed E-state index contributed by atoms with van der Waals surface area (Å²) in [5.41, 5.74) is 5.43. The molecule has 218 valence electrons. The van der Waals surface area contributed by atoms with Gasteiger partial charge in [0.2, 0.25) is 17.8 Å². The zero-order valence-electron chi connectivity index (χ0n) is 21.3. The summed E-state index contributed by atoms with van der Waals surface area (Å²) in [5, 5.41) is 6.54. The number of carbonyl (C=O) groups excluding carboxylic acids is 1. The quantitative estimate of drug-likeness (QED) is 0.251. The van der Waals surface area contributed by atoms with Crippen molar-refractivity contribution in [3.05, 3.63) is 59.1 Å². The number of nitrogens with one attached hydrogen (secondary N) is 3. The zero-order chi connectivity index (χ0) is 29.5. The number of hydrogen-bond donors (Lipinski definition) is 4. The number of nitrogens with two attached hydrogens (primary N) is 1. The summed E-state index contributed by atoms with van der Waals surface area (Å²) in [7, 11) is -4.15. The van der Waals surface area contributed by atoms with E-state index in [1.54, 1.807) is 12.1 Å². The molecule has 0 spiro atoms. The molecule has 2 aliphatic carbocycles. The molecule has 3 aromatic rings. The van der Waals surface area contributed by atoms with Gasteiger partial charge in [-0.1, -0.05) is 23.7 Å². The van der Waals surface area contributed by atoms with Crippen molar-refractivity contribution in [1.82, 2.24) is 19.7 Å². The van der Waals surface area contributed by atoms with Gasteiger partial charge in [0.25, 0.3) is 10.0 Å². The molecule has 1 amide bonds. The maximum Gasteiger partial charge on any atom is 0.422 e. The minimum absolute atomic E-state index is 0.0251. The second-order valence-corrected chi connectivity index (χ2v) is 12.1. The number of hydrogen-bond acceptors (Lipinski definition) is 10. The molecule has 0 aliphatic heterocycles. The molecule has 5 N–H and O–H groups in total. The third-order valence-corrected chi connectivity index (χ3v) is 8.45. The lowest BCUT2D eigenvalue weighted by molar-refractivity contribution is -0.154. The van der Waals surface area contributed by atoms with E-state index in [2.05, 4.69) is 30.3 Å². The van der Waals surface area contributed by atoms with Crippen molar-refractivity contribution in [2.24, 2.45) is 11.1 Å². The lowest BCUT2D eigenvalue weighted by Gasteiger charge is -2.19. The van der Waals surface area contributed by atoms with Crippen LogP contribution in [-0.4, -0.2) is 48.6 Å².